The maximum absolute atomic E-state index is 8.54. The molecule has 0 radical (unpaired) electrons. The molecule has 1 rings (SSSR count). The van der Waals surface area contributed by atoms with Crippen molar-refractivity contribution in [2.24, 2.45) is 0 Å². The van der Waals surface area contributed by atoms with E-state index in [1.807, 2.05) is 6.07 Å². The maximum atomic E-state index is 8.54. The number of methoxy groups -OCH3 is 1. The molecule has 0 unspecified atom stereocenters. The van der Waals surface area contributed by atoms with E-state index in [-0.39, 0.29) is 5.82 Å². The van der Waals surface area contributed by atoms with Gasteiger partial charge in [0.05, 0.1) is 17.9 Å². The van der Waals surface area contributed by atoms with Crippen LogP contribution in [0.3, 0.4) is 0 Å². The van der Waals surface area contributed by atoms with Crippen LogP contribution in [0.5, 0.6) is 0 Å². The molecule has 0 atom stereocenters. The molecule has 12 heavy (non-hydrogen) atoms. The van der Waals surface area contributed by atoms with Gasteiger partial charge >= 0.3 is 0 Å². The Morgan fingerprint density at radius 3 is 2.92 bits per heavy atom. The first-order chi connectivity index (χ1) is 5.77. The molecule has 2 N–H and O–H groups in total. The molecule has 0 spiro atoms. The summed E-state index contributed by atoms with van der Waals surface area (Å²) < 4.78 is 4.86. The van der Waals surface area contributed by atoms with Crippen molar-refractivity contribution >= 4 is 5.82 Å². The Balaban J connectivity index is 2.96. The van der Waals surface area contributed by atoms with Crippen LogP contribution in [0.1, 0.15) is 11.3 Å². The first-order valence-electron chi connectivity index (χ1n) is 3.42. The summed E-state index contributed by atoms with van der Waals surface area (Å²) in [5.41, 5.74) is 6.60. The summed E-state index contributed by atoms with van der Waals surface area (Å²) in [5, 5.41) is 8.54. The van der Waals surface area contributed by atoms with Crippen LogP contribution in [-0.4, -0.2) is 12.1 Å². The molecular weight excluding hydrogens is 154 g/mol. The molecule has 0 aliphatic rings. The summed E-state index contributed by atoms with van der Waals surface area (Å²) in [6, 6.07) is 5.29. The number of rotatable bonds is 2. The van der Waals surface area contributed by atoms with E-state index in [1.54, 1.807) is 19.2 Å². The largest absolute Gasteiger partial charge is 0.383 e. The minimum Gasteiger partial charge on any atom is -0.383 e. The maximum Gasteiger partial charge on any atom is 0.141 e. The smallest absolute Gasteiger partial charge is 0.141 e. The molecule has 1 heterocycles. The summed E-state index contributed by atoms with van der Waals surface area (Å²) in [6.45, 7) is 0.413. The third-order valence-corrected chi connectivity index (χ3v) is 1.40. The fourth-order valence-corrected chi connectivity index (χ4v) is 0.840. The fourth-order valence-electron chi connectivity index (χ4n) is 0.840. The third-order valence-electron chi connectivity index (χ3n) is 1.40. The molecule has 0 fully saturated rings. The lowest BCUT2D eigenvalue weighted by molar-refractivity contribution is 0.181. The van der Waals surface area contributed by atoms with Gasteiger partial charge in [-0.25, -0.2) is 4.98 Å². The van der Waals surface area contributed by atoms with Crippen molar-refractivity contribution in [3.05, 3.63) is 23.4 Å². The minimum atomic E-state index is 0.257. The molecule has 62 valence electrons. The van der Waals surface area contributed by atoms with Crippen LogP contribution < -0.4 is 5.73 Å². The fraction of sp³-hybridized carbons (Fsp3) is 0.250. The van der Waals surface area contributed by atoms with E-state index < -0.39 is 0 Å². The highest BCUT2D eigenvalue weighted by Gasteiger charge is 2.00. The van der Waals surface area contributed by atoms with Crippen LogP contribution in [0.2, 0.25) is 0 Å². The Kier molecular flexibility index (Phi) is 2.62. The number of nitrogens with two attached hydrogens (primary N) is 1. The van der Waals surface area contributed by atoms with Gasteiger partial charge in [0.15, 0.2) is 0 Å². The topological polar surface area (TPSA) is 71.9 Å². The lowest BCUT2D eigenvalue weighted by Crippen LogP contribution is -1.99. The Morgan fingerprint density at radius 2 is 2.42 bits per heavy atom. The average molecular weight is 163 g/mol. The first-order valence-corrected chi connectivity index (χ1v) is 3.42. The summed E-state index contributed by atoms with van der Waals surface area (Å²) in [6.07, 6.45) is 0. The molecule has 0 aliphatic carbocycles. The van der Waals surface area contributed by atoms with Gasteiger partial charge in [0.1, 0.15) is 11.9 Å². The van der Waals surface area contributed by atoms with Crippen molar-refractivity contribution in [1.29, 1.82) is 5.26 Å². The van der Waals surface area contributed by atoms with E-state index in [1.165, 1.54) is 0 Å². The van der Waals surface area contributed by atoms with Gasteiger partial charge in [0.2, 0.25) is 0 Å². The summed E-state index contributed by atoms with van der Waals surface area (Å²) in [4.78, 5) is 3.96. The number of nitriles is 1. The Labute approximate surface area is 70.6 Å². The highest BCUT2D eigenvalue weighted by Crippen LogP contribution is 2.08. The number of hydrogen-bond donors (Lipinski definition) is 1. The number of nitrogens with zero attached hydrogens (tertiary/aromatic N) is 2. The number of aromatic nitrogens is 1. The second-order valence-electron chi connectivity index (χ2n) is 2.28. The van der Waals surface area contributed by atoms with Crippen molar-refractivity contribution in [3.8, 4) is 6.07 Å². The van der Waals surface area contributed by atoms with Gasteiger partial charge in [0.25, 0.3) is 0 Å². The van der Waals surface area contributed by atoms with E-state index in [2.05, 4.69) is 4.98 Å². The van der Waals surface area contributed by atoms with E-state index >= 15 is 0 Å². The third kappa shape index (κ3) is 1.71. The Bertz CT molecular complexity index is 317. The normalized spacial score (nSPS) is 9.33. The molecule has 0 bridgehead atoms. The van der Waals surface area contributed by atoms with Crippen LogP contribution in [0.15, 0.2) is 12.1 Å². The molecule has 0 saturated heterocycles. The lowest BCUT2D eigenvalue weighted by atomic mass is 10.2. The van der Waals surface area contributed by atoms with Gasteiger partial charge in [-0.3, -0.25) is 0 Å². The second-order valence-corrected chi connectivity index (χ2v) is 2.28. The van der Waals surface area contributed by atoms with Crippen molar-refractivity contribution in [3.63, 3.8) is 0 Å². The zero-order valence-corrected chi connectivity index (χ0v) is 6.74. The monoisotopic (exact) mass is 163 g/mol. The van der Waals surface area contributed by atoms with Crippen LogP contribution in [0.4, 0.5) is 5.82 Å². The molecule has 0 amide bonds. The molecule has 0 saturated carbocycles. The minimum absolute atomic E-state index is 0.257. The molecule has 4 nitrogen and oxygen atoms in total. The molecule has 0 aromatic carbocycles. The highest BCUT2D eigenvalue weighted by molar-refractivity contribution is 5.48. The van der Waals surface area contributed by atoms with E-state index in [0.29, 0.717) is 12.2 Å². The van der Waals surface area contributed by atoms with Gasteiger partial charge in [0, 0.05) is 7.11 Å². The van der Waals surface area contributed by atoms with Gasteiger partial charge in [-0.15, -0.1) is 0 Å². The van der Waals surface area contributed by atoms with Crippen LogP contribution >= 0.6 is 0 Å². The molecule has 4 heteroatoms. The van der Waals surface area contributed by atoms with E-state index in [4.69, 9.17) is 15.7 Å². The number of ether oxygens (including phenoxy) is 1. The second kappa shape index (κ2) is 3.69. The van der Waals surface area contributed by atoms with Gasteiger partial charge < -0.3 is 10.5 Å². The van der Waals surface area contributed by atoms with Crippen molar-refractivity contribution in [1.82, 2.24) is 4.98 Å². The quantitative estimate of drug-likeness (QED) is 0.695. The summed E-state index contributed by atoms with van der Waals surface area (Å²) >= 11 is 0. The summed E-state index contributed by atoms with van der Waals surface area (Å²) in [5.74, 6) is 0.257. The van der Waals surface area contributed by atoms with Crippen LogP contribution in [0, 0.1) is 11.3 Å². The molecule has 1 aromatic rings. The van der Waals surface area contributed by atoms with Gasteiger partial charge in [-0.1, -0.05) is 0 Å². The van der Waals surface area contributed by atoms with Crippen LogP contribution in [0.25, 0.3) is 0 Å². The standard InChI is InChI=1S/C8H9N3O/c1-12-5-7-3-2-6(4-9)8(10)11-7/h2-3H,5H2,1H3,(H2,10,11). The van der Waals surface area contributed by atoms with Crippen molar-refractivity contribution in [2.45, 2.75) is 6.61 Å². The van der Waals surface area contributed by atoms with Gasteiger partial charge in [-0.05, 0) is 12.1 Å². The zero-order valence-electron chi connectivity index (χ0n) is 6.74. The number of hydrogen-bond acceptors (Lipinski definition) is 4. The Morgan fingerprint density at radius 1 is 1.67 bits per heavy atom. The first kappa shape index (κ1) is 8.50. The molecular formula is C8H9N3O. The predicted molar refractivity (Wildman–Crippen MR) is 44.1 cm³/mol. The van der Waals surface area contributed by atoms with E-state index in [9.17, 15) is 0 Å². The number of nitrogen functional groups attached to an aromatic ring is 1. The van der Waals surface area contributed by atoms with Crippen molar-refractivity contribution < 1.29 is 4.74 Å². The van der Waals surface area contributed by atoms with Crippen LogP contribution in [-0.2, 0) is 11.3 Å². The SMILES string of the molecule is COCc1ccc(C#N)c(N)n1. The molecule has 1 aromatic heterocycles. The predicted octanol–water partition coefficient (Wildman–Crippen LogP) is 0.682. The summed E-state index contributed by atoms with van der Waals surface area (Å²) in [7, 11) is 1.58. The van der Waals surface area contributed by atoms with E-state index in [0.717, 1.165) is 5.69 Å². The number of pyridine rings is 1. The highest BCUT2D eigenvalue weighted by atomic mass is 16.5. The number of anilines is 1. The lowest BCUT2D eigenvalue weighted by Gasteiger charge is -2.00. The molecule has 0 aliphatic heterocycles. The Hall–Kier alpha value is -1.60. The zero-order chi connectivity index (χ0) is 8.97. The average Bonchev–Trinajstić information content (AvgIpc) is 2.05. The van der Waals surface area contributed by atoms with Crippen molar-refractivity contribution in [2.75, 3.05) is 12.8 Å². The van der Waals surface area contributed by atoms with Gasteiger partial charge in [-0.2, -0.15) is 5.26 Å².